The van der Waals surface area contributed by atoms with E-state index in [2.05, 4.69) is 14.8 Å². The van der Waals surface area contributed by atoms with Crippen LogP contribution in [0.5, 0.6) is 0 Å². The number of carbonyl (C=O) groups excluding carboxylic acids is 2. The monoisotopic (exact) mass is 438 g/mol. The summed E-state index contributed by atoms with van der Waals surface area (Å²) in [4.78, 5) is 24.4. The number of amides is 1. The highest BCUT2D eigenvalue weighted by atomic mass is 32.2. The first-order valence-electron chi connectivity index (χ1n) is 9.39. The van der Waals surface area contributed by atoms with Gasteiger partial charge >= 0.3 is 5.97 Å². The Balaban J connectivity index is 1.85. The lowest BCUT2D eigenvalue weighted by molar-refractivity contribution is 0.0600. The van der Waals surface area contributed by atoms with E-state index in [9.17, 15) is 18.0 Å². The molecule has 3 aromatic carbocycles. The Labute approximate surface area is 181 Å². The van der Waals surface area contributed by atoms with Crippen LogP contribution in [-0.2, 0) is 14.8 Å². The van der Waals surface area contributed by atoms with Gasteiger partial charge in [0.1, 0.15) is 0 Å². The Morgan fingerprint density at radius 3 is 2.23 bits per heavy atom. The zero-order valence-corrected chi connectivity index (χ0v) is 18.1. The number of hydrogen-bond donors (Lipinski definition) is 2. The van der Waals surface area contributed by atoms with Crippen LogP contribution < -0.4 is 10.0 Å². The number of ether oxygens (including phenoxy) is 1. The molecule has 0 aliphatic rings. The van der Waals surface area contributed by atoms with Crippen LogP contribution in [0.4, 0.5) is 11.4 Å². The van der Waals surface area contributed by atoms with E-state index in [1.54, 1.807) is 61.5 Å². The molecule has 0 atom stereocenters. The normalized spacial score (nSPS) is 10.9. The van der Waals surface area contributed by atoms with Crippen LogP contribution in [0, 0.1) is 13.8 Å². The van der Waals surface area contributed by atoms with Gasteiger partial charge in [-0.1, -0.05) is 29.8 Å². The summed E-state index contributed by atoms with van der Waals surface area (Å²) in [5.74, 6) is -1.03. The second-order valence-electron chi connectivity index (χ2n) is 6.98. The molecule has 0 saturated carbocycles. The maximum Gasteiger partial charge on any atom is 0.337 e. The molecule has 160 valence electrons. The van der Waals surface area contributed by atoms with Gasteiger partial charge in [0.25, 0.3) is 15.9 Å². The molecule has 1 amide bonds. The van der Waals surface area contributed by atoms with Gasteiger partial charge in [-0.05, 0) is 61.9 Å². The molecule has 0 aliphatic heterocycles. The molecule has 0 radical (unpaired) electrons. The van der Waals surface area contributed by atoms with Crippen molar-refractivity contribution in [3.8, 4) is 0 Å². The van der Waals surface area contributed by atoms with E-state index < -0.39 is 21.9 Å². The SMILES string of the molecule is COC(=O)c1cccc(NC(=O)c2ccc(C)c(S(=O)(=O)Nc3ccc(C)cc3)c2)c1. The lowest BCUT2D eigenvalue weighted by Crippen LogP contribution is -2.17. The molecule has 0 saturated heterocycles. The van der Waals surface area contributed by atoms with Crippen LogP contribution in [0.1, 0.15) is 31.8 Å². The summed E-state index contributed by atoms with van der Waals surface area (Å²) >= 11 is 0. The summed E-state index contributed by atoms with van der Waals surface area (Å²) in [6, 6.07) is 17.7. The van der Waals surface area contributed by atoms with Crippen molar-refractivity contribution in [3.05, 3.63) is 89.0 Å². The second kappa shape index (κ2) is 9.01. The summed E-state index contributed by atoms with van der Waals surface area (Å²) < 4.78 is 33.0. The average Bonchev–Trinajstić information content (AvgIpc) is 2.75. The summed E-state index contributed by atoms with van der Waals surface area (Å²) in [5, 5.41) is 2.67. The Morgan fingerprint density at radius 1 is 0.839 bits per heavy atom. The molecule has 7 nitrogen and oxygen atoms in total. The standard InChI is InChI=1S/C23H22N2O5S/c1-15-7-11-19(12-8-15)25-31(28,29)21-14-17(10-9-16(21)2)22(26)24-20-6-4-5-18(13-20)23(27)30-3/h4-14,25H,1-3H3,(H,24,26). The molecule has 2 N–H and O–H groups in total. The Bertz CT molecular complexity index is 1240. The van der Waals surface area contributed by atoms with Crippen molar-refractivity contribution in [1.29, 1.82) is 0 Å². The van der Waals surface area contributed by atoms with E-state index >= 15 is 0 Å². The molecule has 31 heavy (non-hydrogen) atoms. The van der Waals surface area contributed by atoms with Gasteiger partial charge in [-0.25, -0.2) is 13.2 Å². The van der Waals surface area contributed by atoms with E-state index in [0.717, 1.165) is 5.56 Å². The molecule has 3 rings (SSSR count). The molecule has 0 aromatic heterocycles. The molecule has 0 aliphatic carbocycles. The number of esters is 1. The van der Waals surface area contributed by atoms with Crippen molar-refractivity contribution in [3.63, 3.8) is 0 Å². The minimum atomic E-state index is -3.90. The molecule has 0 unspecified atom stereocenters. The van der Waals surface area contributed by atoms with E-state index in [-0.39, 0.29) is 16.0 Å². The molecule has 0 fully saturated rings. The van der Waals surface area contributed by atoms with Gasteiger partial charge in [0.05, 0.1) is 17.6 Å². The fraction of sp³-hybridized carbons (Fsp3) is 0.130. The molecular formula is C23H22N2O5S. The van der Waals surface area contributed by atoms with Crippen molar-refractivity contribution in [2.45, 2.75) is 18.7 Å². The summed E-state index contributed by atoms with van der Waals surface area (Å²) in [5.41, 5.74) is 2.78. The molecule has 3 aromatic rings. The lowest BCUT2D eigenvalue weighted by Gasteiger charge is -2.13. The second-order valence-corrected chi connectivity index (χ2v) is 8.63. The van der Waals surface area contributed by atoms with Gasteiger partial charge in [-0.3, -0.25) is 9.52 Å². The first-order valence-corrected chi connectivity index (χ1v) is 10.9. The van der Waals surface area contributed by atoms with Crippen LogP contribution in [-0.4, -0.2) is 27.4 Å². The van der Waals surface area contributed by atoms with Gasteiger partial charge in [0.15, 0.2) is 0 Å². The van der Waals surface area contributed by atoms with Crippen LogP contribution in [0.25, 0.3) is 0 Å². The largest absolute Gasteiger partial charge is 0.465 e. The molecule has 0 heterocycles. The van der Waals surface area contributed by atoms with Gasteiger partial charge in [0, 0.05) is 16.9 Å². The third-order valence-electron chi connectivity index (χ3n) is 4.59. The minimum absolute atomic E-state index is 0.00374. The number of hydrogen-bond acceptors (Lipinski definition) is 5. The fourth-order valence-electron chi connectivity index (χ4n) is 2.91. The lowest BCUT2D eigenvalue weighted by atomic mass is 10.1. The van der Waals surface area contributed by atoms with E-state index in [4.69, 9.17) is 0 Å². The molecule has 0 spiro atoms. The van der Waals surface area contributed by atoms with Crippen molar-refractivity contribution in [2.24, 2.45) is 0 Å². The summed E-state index contributed by atoms with van der Waals surface area (Å²) in [6.45, 7) is 3.57. The predicted octanol–water partition coefficient (Wildman–Crippen LogP) is 4.14. The van der Waals surface area contributed by atoms with Crippen molar-refractivity contribution >= 4 is 33.3 Å². The molecule has 0 bridgehead atoms. The average molecular weight is 439 g/mol. The maximum atomic E-state index is 12.9. The number of anilines is 2. The zero-order chi connectivity index (χ0) is 22.6. The fourth-order valence-corrected chi connectivity index (χ4v) is 4.24. The van der Waals surface area contributed by atoms with Gasteiger partial charge in [-0.15, -0.1) is 0 Å². The van der Waals surface area contributed by atoms with Crippen LogP contribution in [0.3, 0.4) is 0 Å². The Morgan fingerprint density at radius 2 is 1.55 bits per heavy atom. The highest BCUT2D eigenvalue weighted by molar-refractivity contribution is 7.92. The van der Waals surface area contributed by atoms with Gasteiger partial charge < -0.3 is 10.1 Å². The Hall–Kier alpha value is -3.65. The van der Waals surface area contributed by atoms with Crippen LogP contribution >= 0.6 is 0 Å². The molecular weight excluding hydrogens is 416 g/mol. The number of aryl methyl sites for hydroxylation is 2. The number of rotatable bonds is 6. The number of methoxy groups -OCH3 is 1. The topological polar surface area (TPSA) is 102 Å². The van der Waals surface area contributed by atoms with Crippen molar-refractivity contribution in [2.75, 3.05) is 17.1 Å². The third-order valence-corrected chi connectivity index (χ3v) is 6.11. The number of benzene rings is 3. The zero-order valence-electron chi connectivity index (χ0n) is 17.3. The smallest absolute Gasteiger partial charge is 0.337 e. The predicted molar refractivity (Wildman–Crippen MR) is 119 cm³/mol. The molecule has 8 heteroatoms. The number of carbonyl (C=O) groups is 2. The quantitative estimate of drug-likeness (QED) is 0.563. The van der Waals surface area contributed by atoms with E-state index in [1.165, 1.54) is 19.2 Å². The summed E-state index contributed by atoms with van der Waals surface area (Å²) in [6.07, 6.45) is 0. The van der Waals surface area contributed by atoms with Crippen molar-refractivity contribution in [1.82, 2.24) is 0 Å². The highest BCUT2D eigenvalue weighted by Crippen LogP contribution is 2.22. The number of nitrogens with one attached hydrogen (secondary N) is 2. The van der Waals surface area contributed by atoms with Gasteiger partial charge in [0.2, 0.25) is 0 Å². The van der Waals surface area contributed by atoms with Crippen molar-refractivity contribution < 1.29 is 22.7 Å². The minimum Gasteiger partial charge on any atom is -0.465 e. The van der Waals surface area contributed by atoms with Crippen LogP contribution in [0.15, 0.2) is 71.6 Å². The van der Waals surface area contributed by atoms with E-state index in [1.807, 2.05) is 6.92 Å². The van der Waals surface area contributed by atoms with Crippen LogP contribution in [0.2, 0.25) is 0 Å². The third kappa shape index (κ3) is 5.29. The number of sulfonamides is 1. The first kappa shape index (κ1) is 22.0. The Kier molecular flexibility index (Phi) is 6.41. The van der Waals surface area contributed by atoms with Gasteiger partial charge in [-0.2, -0.15) is 0 Å². The maximum absolute atomic E-state index is 12.9. The highest BCUT2D eigenvalue weighted by Gasteiger charge is 2.20. The summed E-state index contributed by atoms with van der Waals surface area (Å²) in [7, 11) is -2.63. The first-order chi connectivity index (χ1) is 14.7. The van der Waals surface area contributed by atoms with E-state index in [0.29, 0.717) is 16.9 Å².